The van der Waals surface area contributed by atoms with E-state index in [0.717, 1.165) is 31.0 Å². The highest BCUT2D eigenvalue weighted by atomic mass is 16.3. The van der Waals surface area contributed by atoms with E-state index in [-0.39, 0.29) is 6.61 Å². The Balaban J connectivity index is 2.07. The topological polar surface area (TPSA) is 49.2 Å². The lowest BCUT2D eigenvalue weighted by molar-refractivity contribution is 0.160. The molecule has 1 aromatic rings. The molecule has 4 heteroatoms. The van der Waals surface area contributed by atoms with Gasteiger partial charge in [-0.3, -0.25) is 9.97 Å². The molecule has 0 spiro atoms. The van der Waals surface area contributed by atoms with E-state index in [1.807, 2.05) is 6.92 Å². The first-order valence-electron chi connectivity index (χ1n) is 5.92. The van der Waals surface area contributed by atoms with Crippen LogP contribution in [0.1, 0.15) is 30.1 Å². The third-order valence-corrected chi connectivity index (χ3v) is 3.23. The molecule has 0 bridgehead atoms. The van der Waals surface area contributed by atoms with Crippen molar-refractivity contribution >= 4 is 0 Å². The van der Waals surface area contributed by atoms with Crippen molar-refractivity contribution in [2.45, 2.75) is 25.7 Å². The molecule has 1 aliphatic rings. The molecule has 0 unspecified atom stereocenters. The van der Waals surface area contributed by atoms with Crippen LogP contribution in [0.3, 0.4) is 0 Å². The van der Waals surface area contributed by atoms with Crippen molar-refractivity contribution in [2.75, 3.05) is 26.2 Å². The third kappa shape index (κ3) is 2.57. The van der Waals surface area contributed by atoms with Crippen molar-refractivity contribution in [2.24, 2.45) is 0 Å². The van der Waals surface area contributed by atoms with Crippen molar-refractivity contribution in [3.05, 3.63) is 23.8 Å². The Hall–Kier alpha value is -1.00. The maximum atomic E-state index is 8.96. The van der Waals surface area contributed by atoms with Crippen LogP contribution in [0.5, 0.6) is 0 Å². The van der Waals surface area contributed by atoms with Crippen LogP contribution in [0.15, 0.2) is 12.4 Å². The van der Waals surface area contributed by atoms with E-state index in [1.54, 1.807) is 12.4 Å². The predicted molar refractivity (Wildman–Crippen MR) is 62.3 cm³/mol. The standard InChI is InChI=1S/C12H19N3O/c1-10-12(14-5-4-13-10)11-3-2-6-15(9-11)7-8-16/h4-5,11,16H,2-3,6-9H2,1H3/t11-/m0/s1. The molecular weight excluding hydrogens is 202 g/mol. The highest BCUT2D eigenvalue weighted by Crippen LogP contribution is 2.26. The molecule has 2 rings (SSSR count). The van der Waals surface area contributed by atoms with Crippen molar-refractivity contribution in [3.8, 4) is 0 Å². The molecule has 16 heavy (non-hydrogen) atoms. The molecule has 1 saturated heterocycles. The highest BCUT2D eigenvalue weighted by Gasteiger charge is 2.23. The number of likely N-dealkylation sites (tertiary alicyclic amines) is 1. The smallest absolute Gasteiger partial charge is 0.0659 e. The van der Waals surface area contributed by atoms with Gasteiger partial charge in [0.2, 0.25) is 0 Å². The number of aliphatic hydroxyl groups excluding tert-OH is 1. The molecule has 88 valence electrons. The van der Waals surface area contributed by atoms with Crippen LogP contribution in [0.4, 0.5) is 0 Å². The summed E-state index contributed by atoms with van der Waals surface area (Å²) in [6.07, 6.45) is 5.88. The number of hydrogen-bond acceptors (Lipinski definition) is 4. The molecular formula is C12H19N3O. The molecule has 0 radical (unpaired) electrons. The Morgan fingerprint density at radius 1 is 1.44 bits per heavy atom. The predicted octanol–water partition coefficient (Wildman–Crippen LogP) is 0.957. The monoisotopic (exact) mass is 221 g/mol. The summed E-state index contributed by atoms with van der Waals surface area (Å²) in [4.78, 5) is 11.0. The lowest BCUT2D eigenvalue weighted by Crippen LogP contribution is -2.36. The molecule has 0 aromatic carbocycles. The normalized spacial score (nSPS) is 22.2. The van der Waals surface area contributed by atoms with Crippen LogP contribution in [-0.2, 0) is 0 Å². The van der Waals surface area contributed by atoms with E-state index in [1.165, 1.54) is 12.8 Å². The van der Waals surface area contributed by atoms with Crippen LogP contribution >= 0.6 is 0 Å². The molecule has 1 N–H and O–H groups in total. The minimum atomic E-state index is 0.242. The van der Waals surface area contributed by atoms with Gasteiger partial charge in [0.15, 0.2) is 0 Å². The first-order valence-corrected chi connectivity index (χ1v) is 5.92. The van der Waals surface area contributed by atoms with Crippen LogP contribution in [0.2, 0.25) is 0 Å². The van der Waals surface area contributed by atoms with E-state index in [2.05, 4.69) is 14.9 Å². The summed E-state index contributed by atoms with van der Waals surface area (Å²) < 4.78 is 0. The number of β-amino-alcohol motifs (C(OH)–C–C–N with tert-alkyl or cyclic N) is 1. The van der Waals surface area contributed by atoms with Crippen molar-refractivity contribution in [1.82, 2.24) is 14.9 Å². The van der Waals surface area contributed by atoms with Gasteiger partial charge in [-0.05, 0) is 26.3 Å². The summed E-state index contributed by atoms with van der Waals surface area (Å²) >= 11 is 0. The van der Waals surface area contributed by atoms with Gasteiger partial charge in [0.1, 0.15) is 0 Å². The summed E-state index contributed by atoms with van der Waals surface area (Å²) in [5.74, 6) is 0.481. The van der Waals surface area contributed by atoms with Gasteiger partial charge in [-0.15, -0.1) is 0 Å². The molecule has 1 fully saturated rings. The Labute approximate surface area is 96.3 Å². The number of aryl methyl sites for hydroxylation is 1. The zero-order valence-corrected chi connectivity index (χ0v) is 9.76. The van der Waals surface area contributed by atoms with Crippen LogP contribution < -0.4 is 0 Å². The number of aliphatic hydroxyl groups is 1. The second-order valence-corrected chi connectivity index (χ2v) is 4.39. The average Bonchev–Trinajstić information content (AvgIpc) is 2.30. The molecule has 4 nitrogen and oxygen atoms in total. The fraction of sp³-hybridized carbons (Fsp3) is 0.667. The van der Waals surface area contributed by atoms with Gasteiger partial charge >= 0.3 is 0 Å². The molecule has 1 aliphatic heterocycles. The molecule has 2 heterocycles. The lowest BCUT2D eigenvalue weighted by atomic mass is 9.93. The summed E-state index contributed by atoms with van der Waals surface area (Å²) in [6.45, 7) is 5.13. The molecule has 0 saturated carbocycles. The Morgan fingerprint density at radius 3 is 3.00 bits per heavy atom. The Morgan fingerprint density at radius 2 is 2.25 bits per heavy atom. The fourth-order valence-corrected chi connectivity index (χ4v) is 2.44. The quantitative estimate of drug-likeness (QED) is 0.826. The van der Waals surface area contributed by atoms with Gasteiger partial charge in [-0.1, -0.05) is 0 Å². The van der Waals surface area contributed by atoms with E-state index in [0.29, 0.717) is 5.92 Å². The summed E-state index contributed by atoms with van der Waals surface area (Å²) in [6, 6.07) is 0. The van der Waals surface area contributed by atoms with E-state index in [9.17, 15) is 0 Å². The van der Waals surface area contributed by atoms with Crippen molar-refractivity contribution < 1.29 is 5.11 Å². The van der Waals surface area contributed by atoms with Gasteiger partial charge in [0, 0.05) is 31.4 Å². The molecule has 0 amide bonds. The average molecular weight is 221 g/mol. The summed E-state index contributed by atoms with van der Waals surface area (Å²) in [5, 5.41) is 8.96. The highest BCUT2D eigenvalue weighted by molar-refractivity contribution is 5.15. The third-order valence-electron chi connectivity index (χ3n) is 3.23. The maximum absolute atomic E-state index is 8.96. The lowest BCUT2D eigenvalue weighted by Gasteiger charge is -2.32. The maximum Gasteiger partial charge on any atom is 0.0659 e. The number of nitrogens with zero attached hydrogens (tertiary/aromatic N) is 3. The number of hydrogen-bond donors (Lipinski definition) is 1. The zero-order valence-electron chi connectivity index (χ0n) is 9.76. The minimum absolute atomic E-state index is 0.242. The second kappa shape index (κ2) is 5.37. The zero-order chi connectivity index (χ0) is 11.4. The largest absolute Gasteiger partial charge is 0.395 e. The van der Waals surface area contributed by atoms with E-state index in [4.69, 9.17) is 5.11 Å². The van der Waals surface area contributed by atoms with Crippen LogP contribution in [-0.4, -0.2) is 46.2 Å². The molecule has 1 aromatic heterocycles. The first kappa shape index (κ1) is 11.5. The Kier molecular flexibility index (Phi) is 3.85. The summed E-state index contributed by atoms with van der Waals surface area (Å²) in [7, 11) is 0. The molecule has 0 aliphatic carbocycles. The van der Waals surface area contributed by atoms with E-state index >= 15 is 0 Å². The van der Waals surface area contributed by atoms with Gasteiger partial charge < -0.3 is 10.0 Å². The van der Waals surface area contributed by atoms with Gasteiger partial charge in [-0.25, -0.2) is 0 Å². The SMILES string of the molecule is Cc1nccnc1[C@H]1CCCN(CCO)C1. The first-order chi connectivity index (χ1) is 7.81. The molecule has 1 atom stereocenters. The second-order valence-electron chi connectivity index (χ2n) is 4.39. The summed E-state index contributed by atoms with van der Waals surface area (Å²) in [5.41, 5.74) is 2.17. The van der Waals surface area contributed by atoms with Gasteiger partial charge in [-0.2, -0.15) is 0 Å². The van der Waals surface area contributed by atoms with E-state index < -0.39 is 0 Å². The van der Waals surface area contributed by atoms with Crippen LogP contribution in [0.25, 0.3) is 0 Å². The fourth-order valence-electron chi connectivity index (χ4n) is 2.44. The number of aromatic nitrogens is 2. The van der Waals surface area contributed by atoms with Crippen LogP contribution in [0, 0.1) is 6.92 Å². The van der Waals surface area contributed by atoms with Gasteiger partial charge in [0.25, 0.3) is 0 Å². The van der Waals surface area contributed by atoms with Crippen molar-refractivity contribution in [1.29, 1.82) is 0 Å². The number of rotatable bonds is 3. The van der Waals surface area contributed by atoms with Crippen molar-refractivity contribution in [3.63, 3.8) is 0 Å². The minimum Gasteiger partial charge on any atom is -0.395 e. The Bertz CT molecular complexity index is 341. The van der Waals surface area contributed by atoms with Gasteiger partial charge in [0.05, 0.1) is 18.0 Å². The number of piperidine rings is 1.